The van der Waals surface area contributed by atoms with Gasteiger partial charge in [0.15, 0.2) is 0 Å². The third-order valence-electron chi connectivity index (χ3n) is 4.99. The zero-order chi connectivity index (χ0) is 19.2. The van der Waals surface area contributed by atoms with Crippen molar-refractivity contribution in [3.8, 4) is 0 Å². The van der Waals surface area contributed by atoms with Gasteiger partial charge in [-0.05, 0) is 62.8 Å². The molecular formula is C23H28N2O2. The van der Waals surface area contributed by atoms with Gasteiger partial charge in [0.25, 0.3) is 0 Å². The van der Waals surface area contributed by atoms with Gasteiger partial charge in [-0.15, -0.1) is 0 Å². The number of carbonyl (C=O) groups excluding carboxylic acids is 2. The van der Waals surface area contributed by atoms with E-state index in [0.29, 0.717) is 6.42 Å². The predicted octanol–water partition coefficient (Wildman–Crippen LogP) is 4.54. The minimum absolute atomic E-state index is 0.0509. The van der Waals surface area contributed by atoms with E-state index in [-0.39, 0.29) is 23.8 Å². The first-order chi connectivity index (χ1) is 13.0. The van der Waals surface area contributed by atoms with Crippen LogP contribution in [0.1, 0.15) is 55.3 Å². The third-order valence-corrected chi connectivity index (χ3v) is 4.99. The molecule has 1 atom stereocenters. The maximum Gasteiger partial charge on any atom is 0.227 e. The summed E-state index contributed by atoms with van der Waals surface area (Å²) in [5.41, 5.74) is 4.37. The van der Waals surface area contributed by atoms with Gasteiger partial charge in [0.05, 0.1) is 6.04 Å². The van der Waals surface area contributed by atoms with E-state index in [1.807, 2.05) is 31.2 Å². The lowest BCUT2D eigenvalue weighted by atomic mass is 10.1. The number of benzene rings is 2. The molecule has 1 saturated carbocycles. The summed E-state index contributed by atoms with van der Waals surface area (Å²) in [5.74, 6) is 0.376. The van der Waals surface area contributed by atoms with Crippen molar-refractivity contribution in [1.82, 2.24) is 5.32 Å². The van der Waals surface area contributed by atoms with Crippen molar-refractivity contribution in [3.63, 3.8) is 0 Å². The minimum atomic E-state index is -0.0509. The Hall–Kier alpha value is -2.62. The molecule has 0 spiro atoms. The fourth-order valence-corrected chi connectivity index (χ4v) is 3.05. The molecule has 0 bridgehead atoms. The van der Waals surface area contributed by atoms with Crippen LogP contribution in [0.25, 0.3) is 0 Å². The van der Waals surface area contributed by atoms with Crippen LogP contribution in [-0.2, 0) is 16.0 Å². The van der Waals surface area contributed by atoms with Crippen LogP contribution in [0.3, 0.4) is 0 Å². The van der Waals surface area contributed by atoms with Crippen LogP contribution in [0.2, 0.25) is 0 Å². The van der Waals surface area contributed by atoms with Crippen molar-refractivity contribution in [2.24, 2.45) is 5.92 Å². The predicted molar refractivity (Wildman–Crippen MR) is 108 cm³/mol. The van der Waals surface area contributed by atoms with Gasteiger partial charge in [-0.3, -0.25) is 9.59 Å². The first-order valence-corrected chi connectivity index (χ1v) is 9.77. The average molecular weight is 364 g/mol. The molecule has 0 aromatic heterocycles. The highest BCUT2D eigenvalue weighted by Crippen LogP contribution is 2.30. The zero-order valence-electron chi connectivity index (χ0n) is 16.1. The van der Waals surface area contributed by atoms with Crippen LogP contribution in [0.15, 0.2) is 48.5 Å². The normalized spacial score (nSPS) is 14.4. The standard InChI is InChI=1S/C23H28N2O2/c1-16-6-8-18(9-7-16)4-3-5-22(26)24-17(2)19-12-14-21(15-13-19)25-23(27)20-10-11-20/h6-9,12-15,17,20H,3-5,10-11H2,1-2H3,(H,24,26)(H,25,27). The summed E-state index contributed by atoms with van der Waals surface area (Å²) in [6.07, 6.45) is 4.27. The van der Waals surface area contributed by atoms with E-state index in [1.165, 1.54) is 11.1 Å². The Morgan fingerprint density at radius 2 is 1.70 bits per heavy atom. The van der Waals surface area contributed by atoms with Crippen molar-refractivity contribution in [3.05, 3.63) is 65.2 Å². The zero-order valence-corrected chi connectivity index (χ0v) is 16.1. The summed E-state index contributed by atoms with van der Waals surface area (Å²) >= 11 is 0. The highest BCUT2D eigenvalue weighted by atomic mass is 16.2. The summed E-state index contributed by atoms with van der Waals surface area (Å²) < 4.78 is 0. The summed E-state index contributed by atoms with van der Waals surface area (Å²) in [4.78, 5) is 24.0. The fourth-order valence-electron chi connectivity index (χ4n) is 3.05. The number of amides is 2. The van der Waals surface area contributed by atoms with Crippen LogP contribution in [-0.4, -0.2) is 11.8 Å². The molecule has 0 heterocycles. The molecule has 2 amide bonds. The maximum atomic E-state index is 12.2. The highest BCUT2D eigenvalue weighted by molar-refractivity contribution is 5.94. The summed E-state index contributed by atoms with van der Waals surface area (Å²) in [6, 6.07) is 16.1. The largest absolute Gasteiger partial charge is 0.350 e. The smallest absolute Gasteiger partial charge is 0.227 e. The number of hydrogen-bond donors (Lipinski definition) is 2. The Labute approximate surface area is 161 Å². The van der Waals surface area contributed by atoms with Crippen molar-refractivity contribution >= 4 is 17.5 Å². The Balaban J connectivity index is 1.41. The quantitative estimate of drug-likeness (QED) is 0.722. The van der Waals surface area contributed by atoms with Crippen LogP contribution in [0, 0.1) is 12.8 Å². The molecule has 1 unspecified atom stereocenters. The van der Waals surface area contributed by atoms with Gasteiger partial charge in [0.1, 0.15) is 0 Å². The Kier molecular flexibility index (Phi) is 6.28. The lowest BCUT2D eigenvalue weighted by molar-refractivity contribution is -0.121. The van der Waals surface area contributed by atoms with Crippen molar-refractivity contribution in [1.29, 1.82) is 0 Å². The molecule has 1 fully saturated rings. The summed E-state index contributed by atoms with van der Waals surface area (Å²) in [7, 11) is 0. The second-order valence-electron chi connectivity index (χ2n) is 7.51. The van der Waals surface area contributed by atoms with Crippen LogP contribution < -0.4 is 10.6 Å². The van der Waals surface area contributed by atoms with E-state index in [2.05, 4.69) is 41.8 Å². The molecule has 3 rings (SSSR count). The lowest BCUT2D eigenvalue weighted by Crippen LogP contribution is -2.26. The monoisotopic (exact) mass is 364 g/mol. The molecular weight excluding hydrogens is 336 g/mol. The SMILES string of the molecule is Cc1ccc(CCCC(=O)NC(C)c2ccc(NC(=O)C3CC3)cc2)cc1. The number of aryl methyl sites for hydroxylation is 2. The van der Waals surface area contributed by atoms with Crippen LogP contribution in [0.4, 0.5) is 5.69 Å². The number of rotatable bonds is 8. The topological polar surface area (TPSA) is 58.2 Å². The van der Waals surface area contributed by atoms with Gasteiger partial charge < -0.3 is 10.6 Å². The highest BCUT2D eigenvalue weighted by Gasteiger charge is 2.29. The van der Waals surface area contributed by atoms with E-state index in [1.54, 1.807) is 0 Å². The second kappa shape index (κ2) is 8.85. The molecule has 2 N–H and O–H groups in total. The molecule has 1 aliphatic carbocycles. The number of anilines is 1. The van der Waals surface area contributed by atoms with Gasteiger partial charge in [-0.1, -0.05) is 42.0 Å². The van der Waals surface area contributed by atoms with Crippen LogP contribution >= 0.6 is 0 Å². The second-order valence-corrected chi connectivity index (χ2v) is 7.51. The molecule has 0 radical (unpaired) electrons. The van der Waals surface area contributed by atoms with Gasteiger partial charge in [0, 0.05) is 18.0 Å². The fraction of sp³-hybridized carbons (Fsp3) is 0.391. The van der Waals surface area contributed by atoms with Crippen molar-refractivity contribution in [2.45, 2.75) is 52.0 Å². The van der Waals surface area contributed by atoms with Gasteiger partial charge in [-0.25, -0.2) is 0 Å². The molecule has 142 valence electrons. The van der Waals surface area contributed by atoms with Gasteiger partial charge >= 0.3 is 0 Å². The molecule has 2 aromatic carbocycles. The van der Waals surface area contributed by atoms with E-state index < -0.39 is 0 Å². The first-order valence-electron chi connectivity index (χ1n) is 9.77. The van der Waals surface area contributed by atoms with Gasteiger partial charge in [-0.2, -0.15) is 0 Å². The Bertz CT molecular complexity index is 777. The molecule has 0 aliphatic heterocycles. The molecule has 4 nitrogen and oxygen atoms in total. The Morgan fingerprint density at radius 1 is 1.04 bits per heavy atom. The molecule has 2 aromatic rings. The van der Waals surface area contributed by atoms with E-state index >= 15 is 0 Å². The summed E-state index contributed by atoms with van der Waals surface area (Å²) in [6.45, 7) is 4.06. The number of nitrogens with one attached hydrogen (secondary N) is 2. The van der Waals surface area contributed by atoms with Crippen LogP contribution in [0.5, 0.6) is 0 Å². The van der Waals surface area contributed by atoms with E-state index in [4.69, 9.17) is 0 Å². The van der Waals surface area contributed by atoms with E-state index in [9.17, 15) is 9.59 Å². The number of hydrogen-bond acceptors (Lipinski definition) is 2. The average Bonchev–Trinajstić information content (AvgIpc) is 3.49. The molecule has 1 aliphatic rings. The van der Waals surface area contributed by atoms with Gasteiger partial charge in [0.2, 0.25) is 11.8 Å². The van der Waals surface area contributed by atoms with Crippen molar-refractivity contribution in [2.75, 3.05) is 5.32 Å². The third kappa shape index (κ3) is 5.95. The maximum absolute atomic E-state index is 12.2. The molecule has 4 heteroatoms. The van der Waals surface area contributed by atoms with Crippen molar-refractivity contribution < 1.29 is 9.59 Å². The minimum Gasteiger partial charge on any atom is -0.350 e. The first kappa shape index (κ1) is 19.2. The molecule has 27 heavy (non-hydrogen) atoms. The van der Waals surface area contributed by atoms with E-state index in [0.717, 1.165) is 36.9 Å². The molecule has 0 saturated heterocycles. The summed E-state index contributed by atoms with van der Waals surface area (Å²) in [5, 5.41) is 5.99. The lowest BCUT2D eigenvalue weighted by Gasteiger charge is -2.15. The number of carbonyl (C=O) groups is 2. The Morgan fingerprint density at radius 3 is 2.33 bits per heavy atom.